The normalized spacial score (nSPS) is 16.7. The van der Waals surface area contributed by atoms with Crippen molar-refractivity contribution in [2.24, 2.45) is 0 Å². The Balaban J connectivity index is 2.00. The predicted octanol–water partition coefficient (Wildman–Crippen LogP) is 1.25. The number of thioether (sulfide) groups is 2. The Morgan fingerprint density at radius 2 is 1.93 bits per heavy atom. The predicted molar refractivity (Wildman–Crippen MR) is 117 cm³/mol. The zero-order valence-corrected chi connectivity index (χ0v) is 19.6. The third-order valence-corrected chi connectivity index (χ3v) is 5.92. The number of thiocarbonyl (C=S) groups is 1. The van der Waals surface area contributed by atoms with Gasteiger partial charge in [-0.05, 0) is 19.1 Å². The van der Waals surface area contributed by atoms with Crippen molar-refractivity contribution in [1.82, 2.24) is 0 Å². The van der Waals surface area contributed by atoms with Crippen molar-refractivity contribution in [3.8, 4) is 0 Å². The zero-order chi connectivity index (χ0) is 22.2. The molecule has 0 aromatic heterocycles. The van der Waals surface area contributed by atoms with Gasteiger partial charge in [-0.3, -0.25) is 9.59 Å². The van der Waals surface area contributed by atoms with Gasteiger partial charge >= 0.3 is 11.9 Å². The van der Waals surface area contributed by atoms with Crippen LogP contribution in [0.5, 0.6) is 0 Å². The van der Waals surface area contributed by atoms with Gasteiger partial charge in [-0.15, -0.1) is 0 Å². The number of carbonyl (C=O) groups excluding carboxylic acids is 3. The maximum atomic E-state index is 11.7. The lowest BCUT2D eigenvalue weighted by Crippen LogP contribution is -2.25. The summed E-state index contributed by atoms with van der Waals surface area (Å²) in [7, 11) is 1.53. The van der Waals surface area contributed by atoms with Crippen molar-refractivity contribution in [2.45, 2.75) is 25.6 Å². The van der Waals surface area contributed by atoms with E-state index >= 15 is 0 Å². The summed E-state index contributed by atoms with van der Waals surface area (Å²) in [5.41, 5.74) is 0. The Kier molecular flexibility index (Phi) is 15.1. The molecule has 0 aliphatic carbocycles. The molecule has 172 valence electrons. The fourth-order valence-electron chi connectivity index (χ4n) is 1.98. The van der Waals surface area contributed by atoms with Crippen molar-refractivity contribution < 1.29 is 42.8 Å². The van der Waals surface area contributed by atoms with Gasteiger partial charge in [-0.1, -0.05) is 11.8 Å². The summed E-state index contributed by atoms with van der Waals surface area (Å²) in [4.78, 5) is 34.1. The van der Waals surface area contributed by atoms with E-state index in [1.165, 1.54) is 37.6 Å². The molecule has 1 fully saturated rings. The van der Waals surface area contributed by atoms with Gasteiger partial charge in [0, 0.05) is 24.4 Å². The first-order valence-corrected chi connectivity index (χ1v) is 11.9. The molecule has 2 unspecified atom stereocenters. The third kappa shape index (κ3) is 14.1. The van der Waals surface area contributed by atoms with Gasteiger partial charge in [0.2, 0.25) is 4.38 Å². The first kappa shape index (κ1) is 27.1. The van der Waals surface area contributed by atoms with Crippen molar-refractivity contribution >= 4 is 57.8 Å². The van der Waals surface area contributed by atoms with Crippen LogP contribution in [0.25, 0.3) is 0 Å². The molecule has 0 amide bonds. The quantitative estimate of drug-likeness (QED) is 0.168. The van der Waals surface area contributed by atoms with Crippen LogP contribution in [0.3, 0.4) is 0 Å². The molecule has 1 saturated heterocycles. The average molecular weight is 485 g/mol. The minimum absolute atomic E-state index is 0.0292. The maximum Gasteiger partial charge on any atom is 0.332 e. The molecule has 0 N–H and O–H groups in total. The summed E-state index contributed by atoms with van der Waals surface area (Å²) < 4.78 is 31.5. The molecule has 12 heteroatoms. The fourth-order valence-corrected chi connectivity index (χ4v) is 3.98. The number of ether oxygens (including phenoxy) is 6. The van der Waals surface area contributed by atoms with E-state index in [1.54, 1.807) is 0 Å². The fraction of sp³-hybridized carbons (Fsp3) is 0.778. The van der Waals surface area contributed by atoms with Crippen LogP contribution < -0.4 is 0 Å². The number of esters is 2. The standard InChI is InChI=1S/C18H28O9S3/c1-13(19)7-23-4-5-24-10-17(21)26-8-14(22-2)11-29-6-3-16(20)25-9-15-12-30-18(28)27-15/h14-15H,3-12H2,1-2H3. The Morgan fingerprint density at radius 1 is 1.20 bits per heavy atom. The van der Waals surface area contributed by atoms with Crippen LogP contribution in [0, 0.1) is 0 Å². The average Bonchev–Trinajstić information content (AvgIpc) is 3.13. The largest absolute Gasteiger partial charge is 0.471 e. The molecular weight excluding hydrogens is 456 g/mol. The van der Waals surface area contributed by atoms with E-state index in [2.05, 4.69) is 0 Å². The lowest BCUT2D eigenvalue weighted by atomic mass is 10.4. The number of Topliss-reactive ketones (excluding diaryl/α,β-unsaturated/α-hetero) is 1. The molecule has 0 radical (unpaired) electrons. The number of hydrogen-bond donors (Lipinski definition) is 0. The zero-order valence-electron chi connectivity index (χ0n) is 17.1. The molecule has 9 nitrogen and oxygen atoms in total. The van der Waals surface area contributed by atoms with E-state index in [0.717, 1.165) is 0 Å². The lowest BCUT2D eigenvalue weighted by molar-refractivity contribution is -0.152. The van der Waals surface area contributed by atoms with Gasteiger partial charge in [-0.25, -0.2) is 4.79 Å². The molecular formula is C18H28O9S3. The number of rotatable bonds is 17. The molecule has 1 rings (SSSR count). The molecule has 0 saturated carbocycles. The van der Waals surface area contributed by atoms with Gasteiger partial charge in [0.1, 0.15) is 38.6 Å². The van der Waals surface area contributed by atoms with E-state index in [4.69, 9.17) is 40.6 Å². The van der Waals surface area contributed by atoms with Crippen LogP contribution in [-0.4, -0.2) is 98.3 Å². The molecule has 30 heavy (non-hydrogen) atoms. The lowest BCUT2D eigenvalue weighted by Gasteiger charge is -2.15. The summed E-state index contributed by atoms with van der Waals surface area (Å²) in [5, 5.41) is 0. The van der Waals surface area contributed by atoms with Crippen LogP contribution in [0.2, 0.25) is 0 Å². The number of ketones is 1. The number of carbonyl (C=O) groups is 3. The van der Waals surface area contributed by atoms with E-state index in [0.29, 0.717) is 21.6 Å². The smallest absolute Gasteiger partial charge is 0.332 e. The van der Waals surface area contributed by atoms with Crippen molar-refractivity contribution in [2.75, 3.05) is 64.0 Å². The van der Waals surface area contributed by atoms with E-state index in [9.17, 15) is 14.4 Å². The molecule has 0 aromatic rings. The summed E-state index contributed by atoms with van der Waals surface area (Å²) >= 11 is 7.85. The Morgan fingerprint density at radius 3 is 2.57 bits per heavy atom. The van der Waals surface area contributed by atoms with Crippen LogP contribution in [0.4, 0.5) is 0 Å². The van der Waals surface area contributed by atoms with Crippen molar-refractivity contribution in [3.63, 3.8) is 0 Å². The van der Waals surface area contributed by atoms with Crippen LogP contribution in [0.1, 0.15) is 13.3 Å². The highest BCUT2D eigenvalue weighted by atomic mass is 32.2. The van der Waals surface area contributed by atoms with Crippen LogP contribution in [-0.2, 0) is 42.8 Å². The van der Waals surface area contributed by atoms with Crippen LogP contribution >= 0.6 is 35.7 Å². The second kappa shape index (κ2) is 16.7. The van der Waals surface area contributed by atoms with E-state index in [-0.39, 0.29) is 70.0 Å². The molecule has 1 aliphatic rings. The van der Waals surface area contributed by atoms with E-state index in [1.807, 2.05) is 0 Å². The van der Waals surface area contributed by atoms with Crippen molar-refractivity contribution in [1.29, 1.82) is 0 Å². The minimum Gasteiger partial charge on any atom is -0.471 e. The molecule has 1 heterocycles. The molecule has 0 spiro atoms. The minimum atomic E-state index is -0.510. The first-order chi connectivity index (χ1) is 14.4. The monoisotopic (exact) mass is 484 g/mol. The van der Waals surface area contributed by atoms with Gasteiger partial charge in [0.15, 0.2) is 5.78 Å². The Bertz CT molecular complexity index is 559. The van der Waals surface area contributed by atoms with Gasteiger partial charge in [0.25, 0.3) is 0 Å². The van der Waals surface area contributed by atoms with Gasteiger partial charge < -0.3 is 28.4 Å². The first-order valence-electron chi connectivity index (χ1n) is 9.30. The Labute approximate surface area is 190 Å². The second-order valence-corrected chi connectivity index (χ2v) is 8.93. The topological polar surface area (TPSA) is 107 Å². The maximum absolute atomic E-state index is 11.7. The molecule has 1 aliphatic heterocycles. The van der Waals surface area contributed by atoms with Crippen molar-refractivity contribution in [3.05, 3.63) is 0 Å². The van der Waals surface area contributed by atoms with Gasteiger partial charge in [-0.2, -0.15) is 11.8 Å². The number of hydrogen-bond acceptors (Lipinski definition) is 12. The summed E-state index contributed by atoms with van der Waals surface area (Å²) in [6, 6.07) is 0. The SMILES string of the molecule is COC(COC(=O)COCCOCC(C)=O)CSCCC(=O)OCC1CSC(=S)O1. The van der Waals surface area contributed by atoms with Gasteiger partial charge in [0.05, 0.1) is 19.6 Å². The summed E-state index contributed by atoms with van der Waals surface area (Å²) in [6.45, 7) is 1.98. The third-order valence-electron chi connectivity index (χ3n) is 3.50. The molecule has 0 aromatic carbocycles. The second-order valence-electron chi connectivity index (χ2n) is 6.16. The highest BCUT2D eigenvalue weighted by molar-refractivity contribution is 8.22. The molecule has 2 atom stereocenters. The summed E-state index contributed by atoms with van der Waals surface area (Å²) in [5.74, 6) is 0.955. The highest BCUT2D eigenvalue weighted by Crippen LogP contribution is 2.20. The van der Waals surface area contributed by atoms with Crippen LogP contribution in [0.15, 0.2) is 0 Å². The Hall–Kier alpha value is -0.920. The number of methoxy groups -OCH3 is 1. The summed E-state index contributed by atoms with van der Waals surface area (Å²) in [6.07, 6.45) is -0.187. The highest BCUT2D eigenvalue weighted by Gasteiger charge is 2.22. The molecule has 0 bridgehead atoms. The van der Waals surface area contributed by atoms with E-state index < -0.39 is 5.97 Å².